The van der Waals surface area contributed by atoms with E-state index in [1.165, 1.54) is 0 Å². The minimum absolute atomic E-state index is 0.0751. The van der Waals surface area contributed by atoms with Crippen molar-refractivity contribution in [1.82, 2.24) is 4.98 Å². The van der Waals surface area contributed by atoms with Gasteiger partial charge in [-0.05, 0) is 25.5 Å². The van der Waals surface area contributed by atoms with Gasteiger partial charge in [0, 0.05) is 19.2 Å². The Labute approximate surface area is 122 Å². The Balaban J connectivity index is 2.26. The molecule has 0 radical (unpaired) electrons. The first-order valence-electron chi connectivity index (χ1n) is 7.03. The van der Waals surface area contributed by atoms with Gasteiger partial charge in [0.15, 0.2) is 23.3 Å². The fraction of sp³-hybridized carbons (Fsp3) is 0.400. The van der Waals surface area contributed by atoms with Crippen molar-refractivity contribution in [3.63, 3.8) is 0 Å². The molecule has 0 spiro atoms. The van der Waals surface area contributed by atoms with Crippen molar-refractivity contribution in [2.45, 2.75) is 26.8 Å². The zero-order valence-electron chi connectivity index (χ0n) is 12.2. The Kier molecular flexibility index (Phi) is 5.14. The van der Waals surface area contributed by atoms with Crippen molar-refractivity contribution < 1.29 is 13.2 Å². The topological polar surface area (TPSA) is 41.3 Å². The fourth-order valence-electron chi connectivity index (χ4n) is 1.97. The average molecular weight is 295 g/mol. The highest BCUT2D eigenvalue weighted by molar-refractivity contribution is 5.49. The number of halogens is 2. The van der Waals surface area contributed by atoms with Gasteiger partial charge in [0.25, 0.3) is 0 Å². The highest BCUT2D eigenvalue weighted by Crippen LogP contribution is 2.23. The van der Waals surface area contributed by atoms with Crippen LogP contribution in [0.25, 0.3) is 0 Å². The van der Waals surface area contributed by atoms with Gasteiger partial charge in [-0.2, -0.15) is 0 Å². The normalized spacial score (nSPS) is 10.7. The maximum Gasteiger partial charge on any atom is 0.168 e. The van der Waals surface area contributed by atoms with Gasteiger partial charge in [0.05, 0.1) is 12.8 Å². The molecular weight excluding hydrogens is 276 g/mol. The second-order valence-corrected chi connectivity index (χ2v) is 4.64. The van der Waals surface area contributed by atoms with Crippen LogP contribution in [0.4, 0.5) is 20.4 Å². The average Bonchev–Trinajstić information content (AvgIpc) is 2.97. The van der Waals surface area contributed by atoms with Crippen molar-refractivity contribution >= 4 is 11.6 Å². The number of nitrogens with one attached hydrogen (secondary N) is 1. The summed E-state index contributed by atoms with van der Waals surface area (Å²) in [5.41, 5.74) is 0. The molecule has 0 fully saturated rings. The third-order valence-corrected chi connectivity index (χ3v) is 3.06. The predicted octanol–water partition coefficient (Wildman–Crippen LogP) is 3.80. The number of pyridine rings is 1. The summed E-state index contributed by atoms with van der Waals surface area (Å²) in [5, 5.41) is 2.87. The summed E-state index contributed by atoms with van der Waals surface area (Å²) in [6.07, 6.45) is 2.39. The molecular formula is C15H19F2N3O. The van der Waals surface area contributed by atoms with Gasteiger partial charge in [-0.25, -0.2) is 13.8 Å². The van der Waals surface area contributed by atoms with Crippen LogP contribution in [0.2, 0.25) is 0 Å². The van der Waals surface area contributed by atoms with Gasteiger partial charge in [0.2, 0.25) is 0 Å². The second kappa shape index (κ2) is 7.06. The van der Waals surface area contributed by atoms with E-state index in [0.717, 1.165) is 12.5 Å². The lowest BCUT2D eigenvalue weighted by Gasteiger charge is -2.22. The van der Waals surface area contributed by atoms with E-state index < -0.39 is 11.6 Å². The molecule has 2 rings (SSSR count). The molecule has 0 aliphatic rings. The molecule has 0 aliphatic carbocycles. The van der Waals surface area contributed by atoms with Crippen molar-refractivity contribution in [3.05, 3.63) is 41.9 Å². The molecule has 6 heteroatoms. The van der Waals surface area contributed by atoms with E-state index >= 15 is 0 Å². The lowest BCUT2D eigenvalue weighted by molar-refractivity contribution is 0.498. The predicted molar refractivity (Wildman–Crippen MR) is 78.4 cm³/mol. The molecule has 1 N–H and O–H groups in total. The van der Waals surface area contributed by atoms with Crippen LogP contribution in [0.3, 0.4) is 0 Å². The number of furan rings is 1. The van der Waals surface area contributed by atoms with Crippen LogP contribution >= 0.6 is 0 Å². The fourth-order valence-corrected chi connectivity index (χ4v) is 1.97. The number of rotatable bonds is 7. The summed E-state index contributed by atoms with van der Waals surface area (Å²) in [7, 11) is 0. The quantitative estimate of drug-likeness (QED) is 0.843. The minimum Gasteiger partial charge on any atom is -0.467 e. The summed E-state index contributed by atoms with van der Waals surface area (Å²) in [6, 6.07) is 4.44. The molecule has 0 saturated carbocycles. The van der Waals surface area contributed by atoms with Crippen LogP contribution in [-0.4, -0.2) is 18.1 Å². The first-order chi connectivity index (χ1) is 10.2. The summed E-state index contributed by atoms with van der Waals surface area (Å²) in [4.78, 5) is 5.78. The van der Waals surface area contributed by atoms with Gasteiger partial charge in [-0.1, -0.05) is 6.92 Å². The van der Waals surface area contributed by atoms with Gasteiger partial charge in [0.1, 0.15) is 5.76 Å². The molecule has 0 aliphatic heterocycles. The smallest absolute Gasteiger partial charge is 0.168 e. The Hall–Kier alpha value is -2.11. The molecule has 2 aromatic rings. The Morgan fingerprint density at radius 3 is 2.71 bits per heavy atom. The van der Waals surface area contributed by atoms with Crippen LogP contribution < -0.4 is 10.2 Å². The summed E-state index contributed by atoms with van der Waals surface area (Å²) in [5.74, 6) is -0.466. The van der Waals surface area contributed by atoms with Gasteiger partial charge in [-0.15, -0.1) is 0 Å². The number of hydrogen-bond donors (Lipinski definition) is 1. The highest BCUT2D eigenvalue weighted by atomic mass is 19.1. The van der Waals surface area contributed by atoms with Crippen LogP contribution in [0.1, 0.15) is 26.0 Å². The van der Waals surface area contributed by atoms with Crippen molar-refractivity contribution in [1.29, 1.82) is 0 Å². The van der Waals surface area contributed by atoms with E-state index in [9.17, 15) is 8.78 Å². The van der Waals surface area contributed by atoms with Crippen LogP contribution in [-0.2, 0) is 6.54 Å². The van der Waals surface area contributed by atoms with Crippen molar-refractivity contribution in [2.75, 3.05) is 23.3 Å². The molecule has 2 aromatic heterocycles. The monoisotopic (exact) mass is 295 g/mol. The molecule has 21 heavy (non-hydrogen) atoms. The SMILES string of the molecule is CCCNc1nc(N(CC)Cc2ccco2)c(F)cc1F. The third-order valence-electron chi connectivity index (χ3n) is 3.06. The molecule has 0 aromatic carbocycles. The van der Waals surface area contributed by atoms with E-state index in [0.29, 0.717) is 25.4 Å². The van der Waals surface area contributed by atoms with Crippen LogP contribution in [0.5, 0.6) is 0 Å². The highest BCUT2D eigenvalue weighted by Gasteiger charge is 2.17. The molecule has 4 nitrogen and oxygen atoms in total. The van der Waals surface area contributed by atoms with Crippen molar-refractivity contribution in [3.8, 4) is 0 Å². The summed E-state index contributed by atoms with van der Waals surface area (Å²) in [6.45, 7) is 5.34. The zero-order valence-corrected chi connectivity index (χ0v) is 12.2. The summed E-state index contributed by atoms with van der Waals surface area (Å²) >= 11 is 0. The third kappa shape index (κ3) is 3.71. The van der Waals surface area contributed by atoms with E-state index in [1.807, 2.05) is 13.8 Å². The standard InChI is InChI=1S/C15H19F2N3O/c1-3-7-18-14-12(16)9-13(17)15(19-14)20(4-2)10-11-6-5-8-21-11/h5-6,8-9H,3-4,7,10H2,1-2H3,(H,18,19). The number of anilines is 2. The van der Waals surface area contributed by atoms with Crippen molar-refractivity contribution in [2.24, 2.45) is 0 Å². The lowest BCUT2D eigenvalue weighted by atomic mass is 10.3. The van der Waals surface area contributed by atoms with Gasteiger partial charge < -0.3 is 14.6 Å². The van der Waals surface area contributed by atoms with Crippen LogP contribution in [0, 0.1) is 11.6 Å². The number of hydrogen-bond acceptors (Lipinski definition) is 4. The van der Waals surface area contributed by atoms with Gasteiger partial charge >= 0.3 is 0 Å². The van der Waals surface area contributed by atoms with E-state index in [2.05, 4.69) is 10.3 Å². The zero-order chi connectivity index (χ0) is 15.2. The Morgan fingerprint density at radius 1 is 1.29 bits per heavy atom. The number of aromatic nitrogens is 1. The summed E-state index contributed by atoms with van der Waals surface area (Å²) < 4.78 is 33.0. The first kappa shape index (κ1) is 15.3. The molecule has 0 saturated heterocycles. The van der Waals surface area contributed by atoms with E-state index in [4.69, 9.17) is 4.42 Å². The van der Waals surface area contributed by atoms with E-state index in [-0.39, 0.29) is 11.6 Å². The Morgan fingerprint density at radius 2 is 2.10 bits per heavy atom. The minimum atomic E-state index is -0.682. The Bertz CT molecular complexity index is 573. The molecule has 0 amide bonds. The maximum absolute atomic E-state index is 14.0. The lowest BCUT2D eigenvalue weighted by Crippen LogP contribution is -2.24. The van der Waals surface area contributed by atoms with E-state index in [1.54, 1.807) is 23.3 Å². The molecule has 0 bridgehead atoms. The molecule has 114 valence electrons. The molecule has 0 unspecified atom stereocenters. The first-order valence-corrected chi connectivity index (χ1v) is 7.03. The van der Waals surface area contributed by atoms with Gasteiger partial charge in [-0.3, -0.25) is 0 Å². The molecule has 2 heterocycles. The second-order valence-electron chi connectivity index (χ2n) is 4.64. The maximum atomic E-state index is 14.0. The number of nitrogens with zero attached hydrogens (tertiary/aromatic N) is 2. The van der Waals surface area contributed by atoms with Crippen LogP contribution in [0.15, 0.2) is 28.9 Å². The largest absolute Gasteiger partial charge is 0.467 e. The molecule has 0 atom stereocenters.